The fraction of sp³-hybridized carbons (Fsp3) is 0.846. The van der Waals surface area contributed by atoms with E-state index in [4.69, 9.17) is 5.11 Å². The Balaban J connectivity index is 3.78. The fourth-order valence-corrected chi connectivity index (χ4v) is 1.87. The molecule has 0 aromatic heterocycles. The molecular weight excluding hydrogens is 172 g/mol. The van der Waals surface area contributed by atoms with Crippen LogP contribution in [0.1, 0.15) is 59.3 Å². The molecule has 0 fully saturated rings. The van der Waals surface area contributed by atoms with Crippen molar-refractivity contribution in [1.82, 2.24) is 0 Å². The first kappa shape index (κ1) is 13.4. The molecule has 0 saturated heterocycles. The van der Waals surface area contributed by atoms with Crippen LogP contribution in [0.2, 0.25) is 0 Å². The standard InChI is InChI=1S/C13H24O/c1-4-7-12(5-2)8-9-13(6-3)10-11-14/h12-14H,4-9H2,1-3H3. The van der Waals surface area contributed by atoms with Crippen LogP contribution in [0.25, 0.3) is 0 Å². The van der Waals surface area contributed by atoms with Gasteiger partial charge in [-0.15, -0.1) is 0 Å². The number of aliphatic hydroxyl groups is 1. The molecule has 1 heteroatoms. The first-order chi connectivity index (χ1) is 6.78. The van der Waals surface area contributed by atoms with Crippen LogP contribution in [0, 0.1) is 23.9 Å². The summed E-state index contributed by atoms with van der Waals surface area (Å²) in [5.74, 6) is 4.11. The molecule has 0 aromatic rings. The van der Waals surface area contributed by atoms with Gasteiger partial charge >= 0.3 is 0 Å². The van der Waals surface area contributed by atoms with E-state index in [0.717, 1.165) is 18.8 Å². The van der Waals surface area contributed by atoms with Gasteiger partial charge in [0.25, 0.3) is 0 Å². The smallest absolute Gasteiger partial charge is 0.107 e. The highest BCUT2D eigenvalue weighted by Crippen LogP contribution is 2.21. The van der Waals surface area contributed by atoms with Gasteiger partial charge in [-0.05, 0) is 25.2 Å². The van der Waals surface area contributed by atoms with Crippen LogP contribution < -0.4 is 0 Å². The van der Waals surface area contributed by atoms with E-state index in [0.29, 0.717) is 5.92 Å². The Morgan fingerprint density at radius 3 is 2.14 bits per heavy atom. The second kappa shape index (κ2) is 8.94. The molecule has 0 radical (unpaired) electrons. The second-order valence-electron chi connectivity index (χ2n) is 4.00. The van der Waals surface area contributed by atoms with E-state index in [2.05, 4.69) is 26.7 Å². The molecular formula is C13H24O. The first-order valence-electron chi connectivity index (χ1n) is 5.92. The van der Waals surface area contributed by atoms with Gasteiger partial charge in [-0.1, -0.05) is 46.0 Å². The van der Waals surface area contributed by atoms with Gasteiger partial charge < -0.3 is 5.11 Å². The lowest BCUT2D eigenvalue weighted by Gasteiger charge is -2.15. The van der Waals surface area contributed by atoms with Gasteiger partial charge in [-0.2, -0.15) is 0 Å². The van der Waals surface area contributed by atoms with E-state index in [9.17, 15) is 0 Å². The lowest BCUT2D eigenvalue weighted by atomic mass is 9.90. The number of hydrogen-bond acceptors (Lipinski definition) is 1. The monoisotopic (exact) mass is 196 g/mol. The SMILES string of the molecule is CCCC(CC)CCC(C#CO)CC. The molecule has 0 rings (SSSR count). The van der Waals surface area contributed by atoms with E-state index in [1.165, 1.54) is 25.7 Å². The van der Waals surface area contributed by atoms with Crippen molar-refractivity contribution < 1.29 is 5.11 Å². The maximum atomic E-state index is 8.53. The molecule has 0 aromatic carbocycles. The molecule has 0 heterocycles. The lowest BCUT2D eigenvalue weighted by Crippen LogP contribution is -2.03. The second-order valence-corrected chi connectivity index (χ2v) is 4.00. The largest absolute Gasteiger partial charge is 0.462 e. The first-order valence-corrected chi connectivity index (χ1v) is 5.92. The number of hydrogen-bond donors (Lipinski definition) is 1. The third-order valence-electron chi connectivity index (χ3n) is 2.96. The maximum absolute atomic E-state index is 8.53. The summed E-state index contributed by atoms with van der Waals surface area (Å²) in [5.41, 5.74) is 0. The Labute approximate surface area is 88.9 Å². The summed E-state index contributed by atoms with van der Waals surface area (Å²) < 4.78 is 0. The van der Waals surface area contributed by atoms with E-state index in [-0.39, 0.29) is 0 Å². The predicted octanol–water partition coefficient (Wildman–Crippen LogP) is 3.95. The molecule has 0 aliphatic heterocycles. The van der Waals surface area contributed by atoms with Crippen molar-refractivity contribution >= 4 is 0 Å². The van der Waals surface area contributed by atoms with Crippen molar-refractivity contribution in [2.45, 2.75) is 59.3 Å². The number of rotatable bonds is 7. The van der Waals surface area contributed by atoms with Crippen molar-refractivity contribution in [2.24, 2.45) is 11.8 Å². The van der Waals surface area contributed by atoms with Crippen LogP contribution in [0.3, 0.4) is 0 Å². The van der Waals surface area contributed by atoms with Gasteiger partial charge in [-0.25, -0.2) is 0 Å². The quantitative estimate of drug-likeness (QED) is 0.611. The normalized spacial score (nSPS) is 14.2. The Morgan fingerprint density at radius 2 is 1.71 bits per heavy atom. The molecule has 14 heavy (non-hydrogen) atoms. The topological polar surface area (TPSA) is 20.2 Å². The zero-order valence-corrected chi connectivity index (χ0v) is 9.84. The Bertz CT molecular complexity index is 175. The van der Waals surface area contributed by atoms with E-state index in [1.54, 1.807) is 0 Å². The lowest BCUT2D eigenvalue weighted by molar-refractivity contribution is 0.390. The highest BCUT2D eigenvalue weighted by molar-refractivity contribution is 4.96. The van der Waals surface area contributed by atoms with Crippen LogP contribution in [0.15, 0.2) is 0 Å². The summed E-state index contributed by atoms with van der Waals surface area (Å²) in [6.07, 6.45) is 9.38. The summed E-state index contributed by atoms with van der Waals surface area (Å²) in [6.45, 7) is 6.64. The molecule has 0 spiro atoms. The molecule has 1 N–H and O–H groups in total. The zero-order chi connectivity index (χ0) is 10.8. The summed E-state index contributed by atoms with van der Waals surface area (Å²) in [6, 6.07) is 0. The van der Waals surface area contributed by atoms with Crippen LogP contribution in [0.5, 0.6) is 0 Å². The maximum Gasteiger partial charge on any atom is 0.107 e. The summed E-state index contributed by atoms with van der Waals surface area (Å²) >= 11 is 0. The van der Waals surface area contributed by atoms with Crippen LogP contribution in [0.4, 0.5) is 0 Å². The highest BCUT2D eigenvalue weighted by atomic mass is 16.2. The van der Waals surface area contributed by atoms with Gasteiger partial charge in [0.15, 0.2) is 0 Å². The Hall–Kier alpha value is -0.640. The van der Waals surface area contributed by atoms with E-state index >= 15 is 0 Å². The van der Waals surface area contributed by atoms with Gasteiger partial charge in [0.1, 0.15) is 6.11 Å². The summed E-state index contributed by atoms with van der Waals surface area (Å²) in [4.78, 5) is 0. The van der Waals surface area contributed by atoms with Crippen molar-refractivity contribution in [3.8, 4) is 12.0 Å². The van der Waals surface area contributed by atoms with Gasteiger partial charge in [0.05, 0.1) is 0 Å². The van der Waals surface area contributed by atoms with Crippen LogP contribution in [-0.2, 0) is 0 Å². The summed E-state index contributed by atoms with van der Waals surface area (Å²) in [5, 5.41) is 8.53. The Morgan fingerprint density at radius 1 is 1.00 bits per heavy atom. The van der Waals surface area contributed by atoms with Crippen molar-refractivity contribution in [3.05, 3.63) is 0 Å². The minimum absolute atomic E-state index is 0.394. The van der Waals surface area contributed by atoms with Gasteiger partial charge in [0.2, 0.25) is 0 Å². The van der Waals surface area contributed by atoms with Crippen molar-refractivity contribution in [1.29, 1.82) is 0 Å². The zero-order valence-electron chi connectivity index (χ0n) is 9.84. The molecule has 2 unspecified atom stereocenters. The average molecular weight is 196 g/mol. The van der Waals surface area contributed by atoms with Crippen molar-refractivity contribution in [3.63, 3.8) is 0 Å². The molecule has 0 amide bonds. The molecule has 0 bridgehead atoms. The Kier molecular flexibility index (Phi) is 8.53. The van der Waals surface area contributed by atoms with Crippen LogP contribution in [-0.4, -0.2) is 5.11 Å². The van der Waals surface area contributed by atoms with Crippen molar-refractivity contribution in [2.75, 3.05) is 0 Å². The average Bonchev–Trinajstić information content (AvgIpc) is 2.22. The minimum Gasteiger partial charge on any atom is -0.462 e. The van der Waals surface area contributed by atoms with E-state index < -0.39 is 0 Å². The third-order valence-corrected chi connectivity index (χ3v) is 2.96. The predicted molar refractivity (Wildman–Crippen MR) is 61.4 cm³/mol. The number of aliphatic hydroxyl groups excluding tert-OH is 1. The molecule has 0 aliphatic carbocycles. The highest BCUT2D eigenvalue weighted by Gasteiger charge is 2.08. The van der Waals surface area contributed by atoms with Gasteiger partial charge in [0, 0.05) is 5.92 Å². The van der Waals surface area contributed by atoms with E-state index in [1.807, 2.05) is 6.11 Å². The van der Waals surface area contributed by atoms with Crippen LogP contribution >= 0.6 is 0 Å². The molecule has 82 valence electrons. The van der Waals surface area contributed by atoms with Gasteiger partial charge in [-0.3, -0.25) is 0 Å². The summed E-state index contributed by atoms with van der Waals surface area (Å²) in [7, 11) is 0. The molecule has 1 nitrogen and oxygen atoms in total. The third kappa shape index (κ3) is 5.91. The molecule has 2 atom stereocenters. The minimum atomic E-state index is 0.394. The molecule has 0 aliphatic rings. The fourth-order valence-electron chi connectivity index (χ4n) is 1.87. The molecule has 0 saturated carbocycles.